The van der Waals surface area contributed by atoms with E-state index in [9.17, 15) is 43.2 Å². The van der Waals surface area contributed by atoms with Crippen molar-refractivity contribution in [2.75, 3.05) is 39.6 Å². The number of carbonyl (C=O) groups is 4. The first-order chi connectivity index (χ1) is 54.7. The molecule has 3 N–H and O–H groups in total. The molecule has 0 rings (SSSR count). The average Bonchev–Trinajstić information content (AvgIpc) is 0.898. The Balaban J connectivity index is 5.62. The molecule has 19 heteroatoms. The van der Waals surface area contributed by atoms with Gasteiger partial charge >= 0.3 is 39.5 Å². The Morgan fingerprint density at radius 3 is 0.786 bits per heavy atom. The number of esters is 4. The highest BCUT2D eigenvalue weighted by molar-refractivity contribution is 7.47. The zero-order valence-electron chi connectivity index (χ0n) is 68.2. The Kier molecular flexibility index (Phi) is 76.2. The van der Waals surface area contributed by atoms with Crippen molar-refractivity contribution in [2.24, 2.45) is 0 Å². The summed E-state index contributed by atoms with van der Waals surface area (Å²) in [6.07, 6.45) is 109. The van der Waals surface area contributed by atoms with Crippen molar-refractivity contribution in [3.63, 3.8) is 0 Å². The molecule has 0 bridgehead atoms. The summed E-state index contributed by atoms with van der Waals surface area (Å²) in [6, 6.07) is 0. The van der Waals surface area contributed by atoms with Crippen LogP contribution in [0, 0.1) is 0 Å². The molecule has 0 heterocycles. The van der Waals surface area contributed by atoms with Gasteiger partial charge in [-0.3, -0.25) is 37.3 Å². The molecule has 5 unspecified atom stereocenters. The van der Waals surface area contributed by atoms with Gasteiger partial charge in [-0.15, -0.1) is 0 Å². The molecule has 5 atom stereocenters. The molecular formula is C93H140O17P2. The van der Waals surface area contributed by atoms with Crippen LogP contribution in [-0.2, 0) is 65.4 Å². The molecule has 0 saturated carbocycles. The van der Waals surface area contributed by atoms with Crippen molar-refractivity contribution >= 4 is 39.5 Å². The van der Waals surface area contributed by atoms with Gasteiger partial charge in [-0.25, -0.2) is 9.13 Å². The third kappa shape index (κ3) is 80.6. The molecule has 0 spiro atoms. The first kappa shape index (κ1) is 105. The maximum absolute atomic E-state index is 13.1. The quantitative estimate of drug-likeness (QED) is 0.0169. The summed E-state index contributed by atoms with van der Waals surface area (Å²) in [5.41, 5.74) is 0. The Hall–Kier alpha value is -7.40. The molecule has 0 aliphatic heterocycles. The minimum absolute atomic E-state index is 0.0134. The van der Waals surface area contributed by atoms with Crippen molar-refractivity contribution in [2.45, 2.75) is 264 Å². The molecule has 0 fully saturated rings. The van der Waals surface area contributed by atoms with Gasteiger partial charge in [0, 0.05) is 19.3 Å². The minimum Gasteiger partial charge on any atom is -0.462 e. The van der Waals surface area contributed by atoms with Crippen LogP contribution >= 0.6 is 15.6 Å². The van der Waals surface area contributed by atoms with E-state index < -0.39 is 97.5 Å². The van der Waals surface area contributed by atoms with Crippen molar-refractivity contribution in [1.82, 2.24) is 0 Å². The van der Waals surface area contributed by atoms with E-state index in [2.05, 4.69) is 240 Å². The predicted octanol–water partition coefficient (Wildman–Crippen LogP) is 24.5. The van der Waals surface area contributed by atoms with Crippen molar-refractivity contribution in [1.29, 1.82) is 0 Å². The fourth-order valence-corrected chi connectivity index (χ4v) is 11.1. The van der Waals surface area contributed by atoms with E-state index in [1.807, 2.05) is 30.4 Å². The van der Waals surface area contributed by atoms with Crippen LogP contribution in [0.2, 0.25) is 0 Å². The van der Waals surface area contributed by atoms with Gasteiger partial charge in [0.05, 0.1) is 32.8 Å². The molecule has 0 saturated heterocycles. The van der Waals surface area contributed by atoms with Crippen LogP contribution in [0.15, 0.2) is 255 Å². The second-order valence-corrected chi connectivity index (χ2v) is 28.8. The molecule has 0 aromatic heterocycles. The van der Waals surface area contributed by atoms with Crippen LogP contribution in [0.4, 0.5) is 0 Å². The molecule has 0 aromatic carbocycles. The van der Waals surface area contributed by atoms with Crippen LogP contribution in [0.25, 0.3) is 0 Å². The van der Waals surface area contributed by atoms with Gasteiger partial charge in [0.1, 0.15) is 19.3 Å². The number of aliphatic hydroxyl groups is 1. The van der Waals surface area contributed by atoms with Crippen molar-refractivity contribution in [3.8, 4) is 0 Å². The molecule has 0 radical (unpaired) electrons. The lowest BCUT2D eigenvalue weighted by Gasteiger charge is -2.21. The normalized spacial score (nSPS) is 15.1. The van der Waals surface area contributed by atoms with Crippen LogP contribution in [-0.4, -0.2) is 96.7 Å². The molecule has 0 amide bonds. The highest BCUT2D eigenvalue weighted by atomic mass is 31.2. The summed E-state index contributed by atoms with van der Waals surface area (Å²) in [7, 11) is -10.1. The van der Waals surface area contributed by atoms with Crippen LogP contribution in [0.1, 0.15) is 246 Å². The summed E-state index contributed by atoms with van der Waals surface area (Å²) in [5, 5.41) is 10.7. The highest BCUT2D eigenvalue weighted by Crippen LogP contribution is 2.45. The van der Waals surface area contributed by atoms with Gasteiger partial charge in [0.25, 0.3) is 0 Å². The number of rotatable bonds is 73. The maximum Gasteiger partial charge on any atom is 0.472 e. The Labute approximate surface area is 675 Å². The Morgan fingerprint density at radius 1 is 0.259 bits per heavy atom. The number of carbonyl (C=O) groups excluding carboxylic acids is 4. The molecule has 0 aromatic rings. The first-order valence-electron chi connectivity index (χ1n) is 40.9. The van der Waals surface area contributed by atoms with Crippen LogP contribution in [0.5, 0.6) is 0 Å². The second kappa shape index (κ2) is 81.6. The smallest absolute Gasteiger partial charge is 0.462 e. The van der Waals surface area contributed by atoms with Crippen LogP contribution in [0.3, 0.4) is 0 Å². The van der Waals surface area contributed by atoms with E-state index in [0.717, 1.165) is 161 Å². The lowest BCUT2D eigenvalue weighted by molar-refractivity contribution is -0.161. The van der Waals surface area contributed by atoms with Gasteiger partial charge in [-0.1, -0.05) is 296 Å². The molecule has 624 valence electrons. The SMILES string of the molecule is CC/C=C\C/C=C\C/C=C\C/C=C\C/C=C\C/C=C\CCC(=O)OCC(COP(=O)(O)OCC(O)COP(=O)(O)OCC(COC(=O)CCCCC/C=C\C/C=C\C/C=C\C/C=C\C/C=C\CC)OC(=O)C/C=C\C/C=C\C/C=C\C/C=C\C/C=C\CC)OC(=O)CCCCC/C=C\C/C=C\C/C=C\C/C=C\C/C=C\CC. The van der Waals surface area contributed by atoms with Gasteiger partial charge < -0.3 is 33.8 Å². The molecule has 0 aliphatic rings. The maximum atomic E-state index is 13.1. The van der Waals surface area contributed by atoms with E-state index in [1.54, 1.807) is 12.2 Å². The standard InChI is InChI=1S/C93H140O17P2/c1-5-9-13-17-21-25-29-33-37-40-43-46-50-53-57-61-65-69-73-77-90(95)103-83-88(109-92(97)79-75-71-67-63-59-55-49-36-32-28-24-20-16-12-8-4)85-107-111(99,100)105-81-87(94)82-106-112(101,102)108-86-89(110-93(98)80-76-72-68-64-60-56-52-48-45-42-39-35-31-27-23-19-15-11-7-3)84-104-91(96)78-74-70-66-62-58-54-51-47-44-41-38-34-30-26-22-18-14-10-6-2/h9-16,21-28,33-39,43-49,53-54,56-60,63,66,70-71,75,87-89,94H,5-8,17-20,29-32,40-42,50-52,55,61-62,64-65,67-69,72-74,76-86H2,1-4H3,(H,99,100)(H,101,102)/b13-9-,14-10-,15-11-,16-12-,25-21-,26-22-,27-23-,28-24-,37-33-,38-34-,39-35-,46-43-,47-44-,48-45-,49-36-,57-53-,58-54-,60-56-,63-59-,70-66-,75-71-. The van der Waals surface area contributed by atoms with Gasteiger partial charge in [0.15, 0.2) is 12.2 Å². The number of unbranched alkanes of at least 4 members (excludes halogenated alkanes) is 6. The van der Waals surface area contributed by atoms with Gasteiger partial charge in [-0.2, -0.15) is 0 Å². The summed E-state index contributed by atoms with van der Waals surface area (Å²) in [4.78, 5) is 73.1. The minimum atomic E-state index is -5.04. The third-order valence-electron chi connectivity index (χ3n) is 15.5. The zero-order chi connectivity index (χ0) is 81.7. The predicted molar refractivity (Wildman–Crippen MR) is 463 cm³/mol. The number of ether oxygens (including phenoxy) is 4. The topological polar surface area (TPSA) is 237 Å². The molecule has 112 heavy (non-hydrogen) atoms. The first-order valence-corrected chi connectivity index (χ1v) is 43.9. The van der Waals surface area contributed by atoms with E-state index in [0.29, 0.717) is 32.1 Å². The average molecular weight is 1590 g/mol. The monoisotopic (exact) mass is 1590 g/mol. The molecule has 17 nitrogen and oxygen atoms in total. The number of hydrogen-bond donors (Lipinski definition) is 3. The Morgan fingerprint density at radius 2 is 0.491 bits per heavy atom. The van der Waals surface area contributed by atoms with Crippen molar-refractivity contribution in [3.05, 3.63) is 255 Å². The summed E-state index contributed by atoms with van der Waals surface area (Å²) < 4.78 is 68.4. The largest absolute Gasteiger partial charge is 0.472 e. The van der Waals surface area contributed by atoms with Crippen molar-refractivity contribution < 1.29 is 80.2 Å². The third-order valence-corrected chi connectivity index (χ3v) is 17.4. The zero-order valence-corrected chi connectivity index (χ0v) is 70.0. The number of allylic oxidation sites excluding steroid dienone is 41. The van der Waals surface area contributed by atoms with Crippen LogP contribution < -0.4 is 0 Å². The van der Waals surface area contributed by atoms with E-state index in [4.69, 9.17) is 37.0 Å². The van der Waals surface area contributed by atoms with E-state index >= 15 is 0 Å². The summed E-state index contributed by atoms with van der Waals surface area (Å²) in [5.74, 6) is -2.54. The molecule has 0 aliphatic carbocycles. The second-order valence-electron chi connectivity index (χ2n) is 25.8. The fourth-order valence-electron chi connectivity index (χ4n) is 9.49. The summed E-state index contributed by atoms with van der Waals surface area (Å²) >= 11 is 0. The number of phosphoric ester groups is 2. The number of phosphoric acid groups is 2. The lowest BCUT2D eigenvalue weighted by atomic mass is 10.1. The van der Waals surface area contributed by atoms with Gasteiger partial charge in [-0.05, 0) is 180 Å². The molecular weight excluding hydrogens is 1450 g/mol. The fraction of sp³-hybridized carbons (Fsp3) is 0.505. The van der Waals surface area contributed by atoms with E-state index in [-0.39, 0.29) is 25.7 Å². The van der Waals surface area contributed by atoms with Gasteiger partial charge in [0.2, 0.25) is 0 Å². The number of aliphatic hydroxyl groups excluding tert-OH is 1. The number of hydrogen-bond acceptors (Lipinski definition) is 15. The Bertz CT molecular complexity index is 3140. The summed E-state index contributed by atoms with van der Waals surface area (Å²) in [6.45, 7) is 4.08. The van der Waals surface area contributed by atoms with E-state index in [1.165, 1.54) is 0 Å². The highest BCUT2D eigenvalue weighted by Gasteiger charge is 2.30. The lowest BCUT2D eigenvalue weighted by Crippen LogP contribution is -2.30.